The van der Waals surface area contributed by atoms with E-state index in [0.29, 0.717) is 10.9 Å². The topological polar surface area (TPSA) is 91.6 Å². The van der Waals surface area contributed by atoms with Crippen LogP contribution in [0, 0.1) is 5.92 Å². The fourth-order valence-corrected chi connectivity index (χ4v) is 4.60. The van der Waals surface area contributed by atoms with E-state index >= 15 is 0 Å². The van der Waals surface area contributed by atoms with Crippen molar-refractivity contribution in [1.29, 1.82) is 0 Å². The molecule has 3 N–H and O–H groups in total. The van der Waals surface area contributed by atoms with Gasteiger partial charge in [0.15, 0.2) is 10.7 Å². The van der Waals surface area contributed by atoms with Crippen molar-refractivity contribution in [1.82, 2.24) is 13.6 Å². The molecule has 1 fully saturated rings. The highest BCUT2D eigenvalue weighted by molar-refractivity contribution is 7.89. The third kappa shape index (κ3) is 3.65. The SMILES string of the molecule is CN1CCCC(CNc2snc(N)c2S(=O)(=O)N(C)C)C1. The van der Waals surface area contributed by atoms with Crippen molar-refractivity contribution in [3.8, 4) is 0 Å². The summed E-state index contributed by atoms with van der Waals surface area (Å²) in [7, 11) is 1.52. The number of rotatable bonds is 5. The molecule has 1 aliphatic rings. The largest absolute Gasteiger partial charge is 0.382 e. The van der Waals surface area contributed by atoms with Crippen LogP contribution >= 0.6 is 11.5 Å². The van der Waals surface area contributed by atoms with Gasteiger partial charge in [-0.3, -0.25) is 0 Å². The van der Waals surface area contributed by atoms with Gasteiger partial charge in [0.2, 0.25) is 10.0 Å². The molecule has 7 nitrogen and oxygen atoms in total. The summed E-state index contributed by atoms with van der Waals surface area (Å²) in [6.45, 7) is 2.89. The number of anilines is 2. The Morgan fingerprint density at radius 3 is 2.86 bits per heavy atom. The monoisotopic (exact) mass is 333 g/mol. The van der Waals surface area contributed by atoms with E-state index in [1.54, 1.807) is 0 Å². The standard InChI is InChI=1S/C12H23N5O2S2/c1-16(2)21(18,19)10-11(13)15-20-12(10)14-7-9-5-4-6-17(3)8-9/h9,14H,4-8H2,1-3H3,(H2,13,15). The molecule has 1 aromatic rings. The number of piperidine rings is 1. The van der Waals surface area contributed by atoms with Crippen molar-refractivity contribution >= 4 is 32.4 Å². The van der Waals surface area contributed by atoms with E-state index in [1.165, 1.54) is 20.5 Å². The van der Waals surface area contributed by atoms with Crippen molar-refractivity contribution in [2.45, 2.75) is 17.7 Å². The van der Waals surface area contributed by atoms with Gasteiger partial charge in [-0.1, -0.05) is 0 Å². The van der Waals surface area contributed by atoms with Crippen LogP contribution in [0.1, 0.15) is 12.8 Å². The van der Waals surface area contributed by atoms with E-state index in [4.69, 9.17) is 5.73 Å². The molecule has 21 heavy (non-hydrogen) atoms. The molecule has 0 spiro atoms. The first-order valence-electron chi connectivity index (χ1n) is 6.92. The maximum absolute atomic E-state index is 12.3. The van der Waals surface area contributed by atoms with E-state index in [-0.39, 0.29) is 10.7 Å². The molecular weight excluding hydrogens is 310 g/mol. The molecule has 0 saturated carbocycles. The summed E-state index contributed by atoms with van der Waals surface area (Å²) in [5.41, 5.74) is 5.74. The Kier molecular flexibility index (Phi) is 5.07. The second-order valence-corrected chi connectivity index (χ2v) is 8.53. The molecular formula is C12H23N5O2S2. The van der Waals surface area contributed by atoms with Crippen molar-refractivity contribution in [2.24, 2.45) is 5.92 Å². The average Bonchev–Trinajstić information content (AvgIpc) is 2.78. The minimum atomic E-state index is -3.58. The Morgan fingerprint density at radius 1 is 1.52 bits per heavy atom. The van der Waals surface area contributed by atoms with E-state index < -0.39 is 10.0 Å². The van der Waals surface area contributed by atoms with Crippen molar-refractivity contribution in [3.63, 3.8) is 0 Å². The molecule has 9 heteroatoms. The number of nitrogens with two attached hydrogens (primary N) is 1. The number of likely N-dealkylation sites (tertiary alicyclic amines) is 1. The second-order valence-electron chi connectivity index (χ2n) is 5.66. The molecule has 1 aromatic heterocycles. The third-order valence-electron chi connectivity index (χ3n) is 3.69. The van der Waals surface area contributed by atoms with Gasteiger partial charge in [-0.25, -0.2) is 12.7 Å². The van der Waals surface area contributed by atoms with Gasteiger partial charge < -0.3 is 16.0 Å². The summed E-state index contributed by atoms with van der Waals surface area (Å²) in [4.78, 5) is 2.40. The van der Waals surface area contributed by atoms with Crippen molar-refractivity contribution < 1.29 is 8.42 Å². The lowest BCUT2D eigenvalue weighted by molar-refractivity contribution is 0.217. The summed E-state index contributed by atoms with van der Waals surface area (Å²) < 4.78 is 29.7. The first-order chi connectivity index (χ1) is 9.82. The zero-order valence-corrected chi connectivity index (χ0v) is 14.3. The average molecular weight is 333 g/mol. The Bertz CT molecular complexity index is 584. The maximum atomic E-state index is 12.3. The lowest BCUT2D eigenvalue weighted by Gasteiger charge is -2.29. The summed E-state index contributed by atoms with van der Waals surface area (Å²) in [6.07, 6.45) is 2.33. The Hall–Kier alpha value is -0.900. The lowest BCUT2D eigenvalue weighted by atomic mass is 9.99. The molecule has 0 aromatic carbocycles. The number of nitrogen functional groups attached to an aromatic ring is 1. The highest BCUT2D eigenvalue weighted by Crippen LogP contribution is 2.33. The molecule has 120 valence electrons. The molecule has 1 unspecified atom stereocenters. The van der Waals surface area contributed by atoms with E-state index in [2.05, 4.69) is 21.6 Å². The fraction of sp³-hybridized carbons (Fsp3) is 0.750. The van der Waals surface area contributed by atoms with Crippen LogP contribution in [0.15, 0.2) is 4.90 Å². The summed E-state index contributed by atoms with van der Waals surface area (Å²) in [6, 6.07) is 0. The Balaban J connectivity index is 2.11. The first-order valence-corrected chi connectivity index (χ1v) is 9.13. The number of hydrogen-bond acceptors (Lipinski definition) is 7. The first kappa shape index (κ1) is 16.5. The van der Waals surface area contributed by atoms with E-state index in [9.17, 15) is 8.42 Å². The minimum Gasteiger partial charge on any atom is -0.382 e. The summed E-state index contributed by atoms with van der Waals surface area (Å²) >= 11 is 1.10. The fourth-order valence-electron chi connectivity index (χ4n) is 2.52. The highest BCUT2D eigenvalue weighted by Gasteiger charge is 2.28. The highest BCUT2D eigenvalue weighted by atomic mass is 32.2. The molecule has 2 heterocycles. The normalized spacial score (nSPS) is 20.9. The molecule has 0 aliphatic carbocycles. The van der Waals surface area contributed by atoms with Crippen LogP contribution in [-0.4, -0.2) is 62.8 Å². The predicted octanol–water partition coefficient (Wildman–Crippen LogP) is 0.729. The van der Waals surface area contributed by atoms with E-state index in [0.717, 1.165) is 41.9 Å². The molecule has 1 atom stereocenters. The van der Waals surface area contributed by atoms with Gasteiger partial charge in [-0.2, -0.15) is 4.37 Å². The maximum Gasteiger partial charge on any atom is 0.249 e. The van der Waals surface area contributed by atoms with Crippen LogP contribution in [0.4, 0.5) is 10.8 Å². The van der Waals surface area contributed by atoms with Gasteiger partial charge in [0.05, 0.1) is 0 Å². The third-order valence-corrected chi connectivity index (χ3v) is 6.53. The van der Waals surface area contributed by atoms with Crippen LogP contribution in [0.2, 0.25) is 0 Å². The van der Waals surface area contributed by atoms with Gasteiger partial charge in [-0.05, 0) is 43.9 Å². The molecule has 1 saturated heterocycles. The molecule has 0 amide bonds. The number of nitrogens with zero attached hydrogens (tertiary/aromatic N) is 3. The molecule has 1 aliphatic heterocycles. The second kappa shape index (κ2) is 6.47. The van der Waals surface area contributed by atoms with Gasteiger partial charge >= 0.3 is 0 Å². The molecule has 2 rings (SSSR count). The van der Waals surface area contributed by atoms with Crippen molar-refractivity contribution in [2.75, 3.05) is 51.8 Å². The minimum absolute atomic E-state index is 0.0666. The van der Waals surface area contributed by atoms with Crippen LogP contribution in [0.3, 0.4) is 0 Å². The summed E-state index contributed by atoms with van der Waals surface area (Å²) in [5.74, 6) is 0.582. The number of nitrogens with one attached hydrogen (secondary N) is 1. The van der Waals surface area contributed by atoms with E-state index in [1.807, 2.05) is 0 Å². The summed E-state index contributed by atoms with van der Waals surface area (Å²) in [5, 5.41) is 3.77. The van der Waals surface area contributed by atoms with Gasteiger partial charge in [0, 0.05) is 27.2 Å². The molecule has 0 bridgehead atoms. The van der Waals surface area contributed by atoms with Crippen LogP contribution < -0.4 is 11.1 Å². The van der Waals surface area contributed by atoms with Crippen LogP contribution in [-0.2, 0) is 10.0 Å². The number of hydrogen-bond donors (Lipinski definition) is 2. The smallest absolute Gasteiger partial charge is 0.249 e. The van der Waals surface area contributed by atoms with Crippen LogP contribution in [0.5, 0.6) is 0 Å². The Labute approximate surface area is 130 Å². The number of aromatic nitrogens is 1. The van der Waals surface area contributed by atoms with Crippen molar-refractivity contribution in [3.05, 3.63) is 0 Å². The van der Waals surface area contributed by atoms with Gasteiger partial charge in [0.1, 0.15) is 5.00 Å². The van der Waals surface area contributed by atoms with Gasteiger partial charge in [0.25, 0.3) is 0 Å². The van der Waals surface area contributed by atoms with Crippen LogP contribution in [0.25, 0.3) is 0 Å². The zero-order valence-electron chi connectivity index (χ0n) is 12.7. The molecule has 0 radical (unpaired) electrons. The quantitative estimate of drug-likeness (QED) is 0.825. The number of sulfonamides is 1. The zero-order chi connectivity index (χ0) is 15.6. The van der Waals surface area contributed by atoms with Gasteiger partial charge in [-0.15, -0.1) is 0 Å². The predicted molar refractivity (Wildman–Crippen MR) is 86.1 cm³/mol. The Morgan fingerprint density at radius 2 is 2.24 bits per heavy atom. The lowest BCUT2D eigenvalue weighted by Crippen LogP contribution is -2.35.